The number of rotatable bonds is 9. The van der Waals surface area contributed by atoms with Gasteiger partial charge in [0.25, 0.3) is 0 Å². The van der Waals surface area contributed by atoms with E-state index in [-0.39, 0.29) is 51.9 Å². The zero-order valence-corrected chi connectivity index (χ0v) is 21.9. The Kier molecular flexibility index (Phi) is 7.37. The normalized spacial score (nSPS) is 41.1. The minimum atomic E-state index is -0.0203. The molecule has 5 saturated carbocycles. The maximum absolute atomic E-state index is 12.9. The molecule has 0 aromatic heterocycles. The van der Waals surface area contributed by atoms with Crippen LogP contribution >= 0.6 is 0 Å². The van der Waals surface area contributed by atoms with Gasteiger partial charge in [0, 0.05) is 0 Å². The number of halogens is 1. The molecule has 5 fully saturated rings. The average Bonchev–Trinajstić information content (AvgIpc) is 3.56. The van der Waals surface area contributed by atoms with Gasteiger partial charge in [0.2, 0.25) is 0 Å². The molecule has 9 atom stereocenters. The van der Waals surface area contributed by atoms with Gasteiger partial charge in [-0.3, -0.25) is 0 Å². The summed E-state index contributed by atoms with van der Waals surface area (Å²) in [5.41, 5.74) is 0. The third kappa shape index (κ3) is 4.48. The third-order valence-electron chi connectivity index (χ3n) is 9.54. The Hall–Kier alpha value is -0.370. The minimum absolute atomic E-state index is 0.0203. The van der Waals surface area contributed by atoms with Crippen molar-refractivity contribution in [2.45, 2.75) is 70.8 Å². The summed E-state index contributed by atoms with van der Waals surface area (Å²) in [6.45, 7) is 3.01. The van der Waals surface area contributed by atoms with E-state index in [2.05, 4.69) is 11.9 Å². The van der Waals surface area contributed by atoms with Crippen LogP contribution in [0.1, 0.15) is 64.7 Å². The second-order valence-electron chi connectivity index (χ2n) is 11.4. The van der Waals surface area contributed by atoms with Crippen LogP contribution in [0.25, 0.3) is 0 Å². The van der Waals surface area contributed by atoms with Crippen LogP contribution in [0, 0.1) is 58.7 Å². The van der Waals surface area contributed by atoms with E-state index in [4.69, 9.17) is 19.6 Å². The topological polar surface area (TPSA) is 68.6 Å². The SMILES string of the molecule is C[I-]CC(C)C(=N)OC1CC2CC1C1C3CC(CC3C(=O)OCOCC3CCCCC3)C21. The van der Waals surface area contributed by atoms with E-state index in [1.807, 2.05) is 0 Å². The van der Waals surface area contributed by atoms with Crippen molar-refractivity contribution >= 4 is 11.9 Å². The molecule has 5 aliphatic carbocycles. The van der Waals surface area contributed by atoms with Crippen LogP contribution in [0.5, 0.6) is 0 Å². The number of carbonyl (C=O) groups is 1. The fourth-order valence-electron chi connectivity index (χ4n) is 8.31. The second kappa shape index (κ2) is 10.1. The first kappa shape index (κ1) is 23.4. The van der Waals surface area contributed by atoms with Gasteiger partial charge >= 0.3 is 155 Å². The molecule has 0 amide bonds. The Bertz CT molecular complexity index is 695. The second-order valence-corrected chi connectivity index (χ2v) is 13.8. The first-order valence-electron chi connectivity index (χ1n) is 13.0. The molecule has 0 aromatic rings. The summed E-state index contributed by atoms with van der Waals surface area (Å²) in [4.78, 5) is 15.2. The molecule has 5 aliphatic rings. The van der Waals surface area contributed by atoms with Gasteiger partial charge in [0.15, 0.2) is 0 Å². The van der Waals surface area contributed by atoms with Gasteiger partial charge in [0.1, 0.15) is 0 Å². The molecule has 0 aromatic carbocycles. The molecule has 0 saturated heterocycles. The van der Waals surface area contributed by atoms with Crippen LogP contribution in [0.15, 0.2) is 0 Å². The number of nitrogens with one attached hydrogen (secondary N) is 1. The molecule has 0 heterocycles. The van der Waals surface area contributed by atoms with Crippen molar-refractivity contribution < 1.29 is 40.2 Å². The average molecular weight is 559 g/mol. The molecule has 9 unspecified atom stereocenters. The van der Waals surface area contributed by atoms with Gasteiger partial charge < -0.3 is 4.74 Å². The zero-order valence-electron chi connectivity index (χ0n) is 19.8. The molecule has 0 spiro atoms. The summed E-state index contributed by atoms with van der Waals surface area (Å²) in [5.74, 6) is 5.33. The van der Waals surface area contributed by atoms with Crippen molar-refractivity contribution in [3.8, 4) is 0 Å². The van der Waals surface area contributed by atoms with Gasteiger partial charge in [-0.15, -0.1) is 0 Å². The van der Waals surface area contributed by atoms with Crippen LogP contribution in [-0.2, 0) is 19.0 Å². The van der Waals surface area contributed by atoms with E-state index in [0.29, 0.717) is 35.5 Å². The van der Waals surface area contributed by atoms with E-state index < -0.39 is 0 Å². The standard InChI is InChI=1S/C26H41INO4/c1-15(12-27-2)25(28)32-22-11-18-10-21(22)24-19-8-17(23(18)24)9-20(19)26(29)31-14-30-13-16-6-4-3-5-7-16/h15-24,28H,3-14H2,1-2H3/q-1. The number of ether oxygens (including phenoxy) is 3. The summed E-state index contributed by atoms with van der Waals surface area (Å²) in [6.07, 6.45) is 11.3. The Morgan fingerprint density at radius 2 is 1.78 bits per heavy atom. The first-order valence-corrected chi connectivity index (χ1v) is 16.7. The Morgan fingerprint density at radius 1 is 1.03 bits per heavy atom. The number of hydrogen-bond acceptors (Lipinski definition) is 5. The van der Waals surface area contributed by atoms with E-state index in [9.17, 15) is 4.79 Å². The number of carbonyl (C=O) groups excluding carboxylic acids is 1. The number of hydrogen-bond donors (Lipinski definition) is 1. The molecule has 1 N–H and O–H groups in total. The molecule has 0 radical (unpaired) electrons. The molecule has 6 heteroatoms. The van der Waals surface area contributed by atoms with E-state index >= 15 is 0 Å². The van der Waals surface area contributed by atoms with Gasteiger partial charge in [-0.05, 0) is 18.8 Å². The Morgan fingerprint density at radius 3 is 2.56 bits per heavy atom. The molecule has 32 heavy (non-hydrogen) atoms. The fourth-order valence-corrected chi connectivity index (χ4v) is 10.0. The summed E-state index contributed by atoms with van der Waals surface area (Å²) >= 11 is 0.187. The molecule has 5 rings (SSSR count). The predicted molar refractivity (Wildman–Crippen MR) is 119 cm³/mol. The maximum atomic E-state index is 12.9. The summed E-state index contributed by atoms with van der Waals surface area (Å²) in [6, 6.07) is 0. The van der Waals surface area contributed by atoms with Crippen LogP contribution < -0.4 is 21.2 Å². The van der Waals surface area contributed by atoms with E-state index in [1.54, 1.807) is 0 Å². The summed E-state index contributed by atoms with van der Waals surface area (Å²) in [7, 11) is 0. The van der Waals surface area contributed by atoms with Gasteiger partial charge in [-0.1, -0.05) is 19.3 Å². The van der Waals surface area contributed by atoms with E-state index in [1.165, 1.54) is 44.9 Å². The van der Waals surface area contributed by atoms with Crippen LogP contribution in [-0.4, -0.2) is 40.7 Å². The molecule has 4 bridgehead atoms. The van der Waals surface area contributed by atoms with Crippen LogP contribution in [0.2, 0.25) is 0 Å². The van der Waals surface area contributed by atoms with Crippen molar-refractivity contribution in [1.82, 2.24) is 0 Å². The van der Waals surface area contributed by atoms with Crippen LogP contribution in [0.3, 0.4) is 0 Å². The Labute approximate surface area is 203 Å². The zero-order chi connectivity index (χ0) is 22.2. The van der Waals surface area contributed by atoms with Crippen molar-refractivity contribution in [1.29, 1.82) is 5.41 Å². The summed E-state index contributed by atoms with van der Waals surface area (Å²) in [5, 5.41) is 8.42. The molecule has 0 aliphatic heterocycles. The van der Waals surface area contributed by atoms with Crippen molar-refractivity contribution in [2.75, 3.05) is 22.8 Å². The quantitative estimate of drug-likeness (QED) is 0.0685. The van der Waals surface area contributed by atoms with Gasteiger partial charge in [-0.25, -0.2) is 0 Å². The first-order chi connectivity index (χ1) is 15.6. The van der Waals surface area contributed by atoms with Crippen molar-refractivity contribution in [3.05, 3.63) is 0 Å². The van der Waals surface area contributed by atoms with Gasteiger partial charge in [0.05, 0.1) is 6.61 Å². The third-order valence-corrected chi connectivity index (χ3v) is 11.7. The van der Waals surface area contributed by atoms with Crippen molar-refractivity contribution in [3.63, 3.8) is 0 Å². The van der Waals surface area contributed by atoms with Crippen LogP contribution in [0.4, 0.5) is 0 Å². The molecule has 5 nitrogen and oxygen atoms in total. The Balaban J connectivity index is 1.12. The number of alkyl halides is 2. The van der Waals surface area contributed by atoms with Crippen molar-refractivity contribution in [2.24, 2.45) is 53.3 Å². The number of esters is 1. The number of fused-ring (bicyclic) bond motifs is 9. The predicted octanol–water partition coefficient (Wildman–Crippen LogP) is 1.73. The monoisotopic (exact) mass is 558 g/mol. The fraction of sp³-hybridized carbons (Fsp3) is 0.923. The molecular weight excluding hydrogens is 517 g/mol. The van der Waals surface area contributed by atoms with Gasteiger partial charge in [-0.2, -0.15) is 0 Å². The summed E-state index contributed by atoms with van der Waals surface area (Å²) < 4.78 is 18.8. The molecule has 182 valence electrons. The molecular formula is C26H41INO4-. The van der Waals surface area contributed by atoms with E-state index in [0.717, 1.165) is 35.7 Å².